The summed E-state index contributed by atoms with van der Waals surface area (Å²) >= 11 is 0. The molecule has 2 aliphatic rings. The summed E-state index contributed by atoms with van der Waals surface area (Å²) in [6.45, 7) is 6.49. The molecule has 27 heavy (non-hydrogen) atoms. The Kier molecular flexibility index (Phi) is 7.53. The van der Waals surface area contributed by atoms with Crippen LogP contribution < -0.4 is 10.1 Å². The maximum Gasteiger partial charge on any atom is 0.223 e. The third-order valence-electron chi connectivity index (χ3n) is 5.94. The van der Waals surface area contributed by atoms with Crippen LogP contribution in [0.15, 0.2) is 24.3 Å². The first-order chi connectivity index (χ1) is 13.2. The maximum atomic E-state index is 13.2. The van der Waals surface area contributed by atoms with Crippen molar-refractivity contribution in [3.63, 3.8) is 0 Å². The number of nitrogens with one attached hydrogen (secondary N) is 1. The van der Waals surface area contributed by atoms with Gasteiger partial charge in [-0.1, -0.05) is 19.1 Å². The van der Waals surface area contributed by atoms with Crippen molar-refractivity contribution in [1.82, 2.24) is 10.2 Å². The number of methoxy groups -OCH3 is 1. The van der Waals surface area contributed by atoms with E-state index in [9.17, 15) is 4.79 Å². The largest absolute Gasteiger partial charge is 0.497 e. The van der Waals surface area contributed by atoms with Crippen LogP contribution in [0.4, 0.5) is 0 Å². The fraction of sp³-hybridized carbons (Fsp3) is 0.682. The predicted molar refractivity (Wildman–Crippen MR) is 107 cm³/mol. The zero-order valence-electron chi connectivity index (χ0n) is 16.8. The lowest BCUT2D eigenvalue weighted by molar-refractivity contribution is -0.134. The van der Waals surface area contributed by atoms with Crippen LogP contribution in [0.1, 0.15) is 44.6 Å². The SMILES string of the molecule is COc1cccc(CN(CC2CCCO2)C(=O)CC(C)C2CCCNC2)c1. The Morgan fingerprint density at radius 1 is 1.37 bits per heavy atom. The molecule has 1 N–H and O–H groups in total. The highest BCUT2D eigenvalue weighted by molar-refractivity contribution is 5.76. The Labute approximate surface area is 163 Å². The van der Waals surface area contributed by atoms with Crippen LogP contribution in [0.3, 0.4) is 0 Å². The average Bonchev–Trinajstić information content (AvgIpc) is 3.21. The van der Waals surface area contributed by atoms with Gasteiger partial charge in [-0.25, -0.2) is 0 Å². The van der Waals surface area contributed by atoms with Crippen molar-refractivity contribution < 1.29 is 14.3 Å². The quantitative estimate of drug-likeness (QED) is 0.759. The normalized spacial score (nSPS) is 23.8. The Bertz CT molecular complexity index is 595. The zero-order chi connectivity index (χ0) is 19.1. The molecule has 0 bridgehead atoms. The van der Waals surface area contributed by atoms with Crippen molar-refractivity contribution in [1.29, 1.82) is 0 Å². The van der Waals surface area contributed by atoms with Crippen LogP contribution in [-0.4, -0.2) is 50.3 Å². The summed E-state index contributed by atoms with van der Waals surface area (Å²) in [7, 11) is 1.67. The predicted octanol–water partition coefficient (Wildman–Crippen LogP) is 3.23. The second-order valence-corrected chi connectivity index (χ2v) is 8.05. The van der Waals surface area contributed by atoms with E-state index in [2.05, 4.69) is 18.3 Å². The van der Waals surface area contributed by atoms with Crippen LogP contribution in [0.5, 0.6) is 5.75 Å². The van der Waals surface area contributed by atoms with Crippen molar-refractivity contribution in [2.24, 2.45) is 11.8 Å². The number of rotatable bonds is 8. The first-order valence-corrected chi connectivity index (χ1v) is 10.4. The molecular formula is C22H34N2O3. The van der Waals surface area contributed by atoms with Gasteiger partial charge in [0.25, 0.3) is 0 Å². The van der Waals surface area contributed by atoms with E-state index in [1.54, 1.807) is 7.11 Å². The van der Waals surface area contributed by atoms with Gasteiger partial charge in [-0.2, -0.15) is 0 Å². The Morgan fingerprint density at radius 3 is 2.96 bits per heavy atom. The molecule has 150 valence electrons. The molecule has 0 aromatic heterocycles. The number of ether oxygens (including phenoxy) is 2. The van der Waals surface area contributed by atoms with Gasteiger partial charge in [0.05, 0.1) is 13.2 Å². The van der Waals surface area contributed by atoms with Gasteiger partial charge in [-0.05, 0) is 68.3 Å². The lowest BCUT2D eigenvalue weighted by atomic mass is 9.85. The third kappa shape index (κ3) is 5.94. The number of amides is 1. The lowest BCUT2D eigenvalue weighted by Gasteiger charge is -2.31. The summed E-state index contributed by atoms with van der Waals surface area (Å²) in [6, 6.07) is 8.00. The van der Waals surface area contributed by atoms with E-state index in [-0.39, 0.29) is 12.0 Å². The second-order valence-electron chi connectivity index (χ2n) is 8.05. The molecule has 2 aliphatic heterocycles. The highest BCUT2D eigenvalue weighted by Gasteiger charge is 2.27. The van der Waals surface area contributed by atoms with Gasteiger partial charge < -0.3 is 19.7 Å². The molecule has 0 radical (unpaired) electrons. The highest BCUT2D eigenvalue weighted by atomic mass is 16.5. The zero-order valence-corrected chi connectivity index (χ0v) is 16.8. The molecule has 5 nitrogen and oxygen atoms in total. The first-order valence-electron chi connectivity index (χ1n) is 10.4. The van der Waals surface area contributed by atoms with Gasteiger partial charge >= 0.3 is 0 Å². The topological polar surface area (TPSA) is 50.8 Å². The molecule has 2 saturated heterocycles. The van der Waals surface area contributed by atoms with Crippen LogP contribution in [0.25, 0.3) is 0 Å². The van der Waals surface area contributed by atoms with Gasteiger partial charge in [-0.3, -0.25) is 4.79 Å². The summed E-state index contributed by atoms with van der Waals surface area (Å²) < 4.78 is 11.1. The van der Waals surface area contributed by atoms with E-state index in [0.29, 0.717) is 31.3 Å². The van der Waals surface area contributed by atoms with E-state index in [4.69, 9.17) is 9.47 Å². The highest BCUT2D eigenvalue weighted by Crippen LogP contribution is 2.25. The van der Waals surface area contributed by atoms with Crippen molar-refractivity contribution in [3.8, 4) is 5.75 Å². The molecule has 1 aromatic carbocycles. The molecule has 1 amide bonds. The van der Waals surface area contributed by atoms with Crippen molar-refractivity contribution in [2.75, 3.05) is 33.4 Å². The molecule has 3 rings (SSSR count). The minimum atomic E-state index is 0.172. The number of benzene rings is 1. The summed E-state index contributed by atoms with van der Waals surface area (Å²) in [5.74, 6) is 2.08. The number of hydrogen-bond acceptors (Lipinski definition) is 4. The summed E-state index contributed by atoms with van der Waals surface area (Å²) in [6.07, 6.45) is 5.37. The smallest absolute Gasteiger partial charge is 0.223 e. The maximum absolute atomic E-state index is 13.2. The van der Waals surface area contributed by atoms with Crippen LogP contribution in [-0.2, 0) is 16.1 Å². The minimum absolute atomic E-state index is 0.172. The Hall–Kier alpha value is -1.59. The molecule has 0 saturated carbocycles. The summed E-state index contributed by atoms with van der Waals surface area (Å²) in [5.41, 5.74) is 1.10. The number of nitrogens with zero attached hydrogens (tertiary/aromatic N) is 1. The fourth-order valence-corrected chi connectivity index (χ4v) is 4.22. The third-order valence-corrected chi connectivity index (χ3v) is 5.94. The van der Waals surface area contributed by atoms with Crippen LogP contribution in [0.2, 0.25) is 0 Å². The fourth-order valence-electron chi connectivity index (χ4n) is 4.22. The first kappa shape index (κ1) is 20.2. The van der Waals surface area contributed by atoms with E-state index in [0.717, 1.165) is 43.9 Å². The minimum Gasteiger partial charge on any atom is -0.497 e. The summed E-state index contributed by atoms with van der Waals surface area (Å²) in [5, 5.41) is 3.47. The molecule has 3 atom stereocenters. The monoisotopic (exact) mass is 374 g/mol. The summed E-state index contributed by atoms with van der Waals surface area (Å²) in [4.78, 5) is 15.2. The van der Waals surface area contributed by atoms with E-state index in [1.165, 1.54) is 12.8 Å². The molecular weight excluding hydrogens is 340 g/mol. The van der Waals surface area contributed by atoms with Crippen molar-refractivity contribution in [3.05, 3.63) is 29.8 Å². The Morgan fingerprint density at radius 2 is 2.26 bits per heavy atom. The van der Waals surface area contributed by atoms with Gasteiger partial charge in [0.15, 0.2) is 0 Å². The number of piperidine rings is 1. The number of hydrogen-bond donors (Lipinski definition) is 1. The standard InChI is InChI=1S/C22H34N2O3/c1-17(19-7-4-10-23-14-19)12-22(25)24(16-21-9-5-11-27-21)15-18-6-3-8-20(13-18)26-2/h3,6,8,13,17,19,21,23H,4-5,7,9-12,14-16H2,1-2H3. The number of carbonyl (C=O) groups is 1. The lowest BCUT2D eigenvalue weighted by Crippen LogP contribution is -2.39. The van der Waals surface area contributed by atoms with Crippen molar-refractivity contribution >= 4 is 5.91 Å². The van der Waals surface area contributed by atoms with Crippen LogP contribution in [0, 0.1) is 11.8 Å². The molecule has 3 unspecified atom stereocenters. The molecule has 2 fully saturated rings. The number of carbonyl (C=O) groups excluding carboxylic acids is 1. The van der Waals surface area contributed by atoms with Crippen LogP contribution >= 0.6 is 0 Å². The van der Waals surface area contributed by atoms with Gasteiger partial charge in [0, 0.05) is 26.1 Å². The Balaban J connectivity index is 1.64. The van der Waals surface area contributed by atoms with E-state index < -0.39 is 0 Å². The van der Waals surface area contributed by atoms with E-state index in [1.807, 2.05) is 23.1 Å². The molecule has 5 heteroatoms. The van der Waals surface area contributed by atoms with Gasteiger partial charge in [0.2, 0.25) is 5.91 Å². The second kappa shape index (κ2) is 10.1. The molecule has 0 aliphatic carbocycles. The molecule has 2 heterocycles. The van der Waals surface area contributed by atoms with Gasteiger partial charge in [0.1, 0.15) is 5.75 Å². The molecule has 1 aromatic rings. The van der Waals surface area contributed by atoms with Crippen molar-refractivity contribution in [2.45, 2.75) is 51.7 Å². The van der Waals surface area contributed by atoms with Gasteiger partial charge in [-0.15, -0.1) is 0 Å². The van der Waals surface area contributed by atoms with E-state index >= 15 is 0 Å². The average molecular weight is 375 g/mol. The molecule has 0 spiro atoms.